The van der Waals surface area contributed by atoms with Gasteiger partial charge >= 0.3 is 0 Å². The summed E-state index contributed by atoms with van der Waals surface area (Å²) in [4.78, 5) is 0. The van der Waals surface area contributed by atoms with Crippen molar-refractivity contribution in [2.75, 3.05) is 0 Å². The van der Waals surface area contributed by atoms with Crippen molar-refractivity contribution in [1.29, 1.82) is 0 Å². The Hall–Kier alpha value is -0.980. The smallest absolute Gasteiger partial charge is 0.119 e. The molecule has 0 amide bonds. The van der Waals surface area contributed by atoms with Crippen molar-refractivity contribution in [1.82, 2.24) is 0 Å². The van der Waals surface area contributed by atoms with E-state index in [1.807, 2.05) is 0 Å². The van der Waals surface area contributed by atoms with Gasteiger partial charge in [-0.1, -0.05) is 32.4 Å². The third kappa shape index (κ3) is 2.28. The van der Waals surface area contributed by atoms with Gasteiger partial charge in [-0.3, -0.25) is 0 Å². The maximum absolute atomic E-state index is 6.11. The van der Waals surface area contributed by atoms with Gasteiger partial charge < -0.3 is 4.74 Å². The van der Waals surface area contributed by atoms with Crippen LogP contribution in [-0.2, 0) is 6.42 Å². The van der Waals surface area contributed by atoms with Gasteiger partial charge in [-0.25, -0.2) is 0 Å². The lowest BCUT2D eigenvalue weighted by atomic mass is 9.78. The minimum Gasteiger partial charge on any atom is -0.490 e. The van der Waals surface area contributed by atoms with Crippen molar-refractivity contribution in [2.45, 2.75) is 58.5 Å². The summed E-state index contributed by atoms with van der Waals surface area (Å²) in [6.45, 7) is 4.57. The number of benzene rings is 1. The van der Waals surface area contributed by atoms with Gasteiger partial charge in [-0.15, -0.1) is 0 Å². The molecular weight excluding hydrogens is 220 g/mol. The molecule has 0 aliphatic heterocycles. The summed E-state index contributed by atoms with van der Waals surface area (Å²) in [5.41, 5.74) is 2.04. The Morgan fingerprint density at radius 1 is 1.22 bits per heavy atom. The molecule has 2 atom stereocenters. The molecule has 0 radical (unpaired) electrons. The van der Waals surface area contributed by atoms with Gasteiger partial charge in [0.1, 0.15) is 11.9 Å². The first kappa shape index (κ1) is 12.1. The molecule has 2 saturated carbocycles. The Balaban J connectivity index is 1.57. The lowest BCUT2D eigenvalue weighted by Gasteiger charge is -2.37. The lowest BCUT2D eigenvalue weighted by molar-refractivity contribution is 0.0282. The molecule has 1 heteroatoms. The van der Waals surface area contributed by atoms with Gasteiger partial charge in [-0.05, 0) is 55.7 Å². The fraction of sp³-hybridized carbons (Fsp3) is 0.647. The zero-order valence-electron chi connectivity index (χ0n) is 11.6. The predicted octanol–water partition coefficient (Wildman–Crippen LogP) is 4.60. The maximum atomic E-state index is 6.11. The second-order valence-electron chi connectivity index (χ2n) is 6.37. The molecule has 1 nitrogen and oxygen atoms in total. The predicted molar refractivity (Wildman–Crippen MR) is 74.9 cm³/mol. The SMILES string of the molecule is CCC(C)Cc1ccc(O[C@@H]2CCC23CC3)cc1. The van der Waals surface area contributed by atoms with E-state index in [0.29, 0.717) is 11.5 Å². The van der Waals surface area contributed by atoms with Crippen LogP contribution in [0.15, 0.2) is 24.3 Å². The largest absolute Gasteiger partial charge is 0.490 e. The van der Waals surface area contributed by atoms with Crippen LogP contribution in [-0.4, -0.2) is 6.10 Å². The highest BCUT2D eigenvalue weighted by Crippen LogP contribution is 2.61. The fourth-order valence-corrected chi connectivity index (χ4v) is 3.00. The lowest BCUT2D eigenvalue weighted by Crippen LogP contribution is -2.38. The first-order valence-corrected chi connectivity index (χ1v) is 7.47. The quantitative estimate of drug-likeness (QED) is 0.735. The van der Waals surface area contributed by atoms with Crippen molar-refractivity contribution in [3.05, 3.63) is 29.8 Å². The summed E-state index contributed by atoms with van der Waals surface area (Å²) in [5, 5.41) is 0. The molecule has 3 rings (SSSR count). The van der Waals surface area contributed by atoms with Crippen LogP contribution in [0.3, 0.4) is 0 Å². The first-order valence-electron chi connectivity index (χ1n) is 7.47. The average molecular weight is 244 g/mol. The molecule has 98 valence electrons. The minimum atomic E-state index is 0.512. The summed E-state index contributed by atoms with van der Waals surface area (Å²) >= 11 is 0. The molecule has 0 aromatic heterocycles. The van der Waals surface area contributed by atoms with Crippen LogP contribution in [0.2, 0.25) is 0 Å². The summed E-state index contributed by atoms with van der Waals surface area (Å²) in [6.07, 6.45) is 8.39. The third-order valence-corrected chi connectivity index (χ3v) is 4.96. The zero-order chi connectivity index (χ0) is 12.6. The monoisotopic (exact) mass is 244 g/mol. The summed E-state index contributed by atoms with van der Waals surface area (Å²) in [7, 11) is 0. The van der Waals surface area contributed by atoms with Crippen LogP contribution >= 0.6 is 0 Å². The highest BCUT2D eigenvalue weighted by Gasteiger charge is 2.57. The van der Waals surface area contributed by atoms with Crippen LogP contribution in [0.25, 0.3) is 0 Å². The van der Waals surface area contributed by atoms with Gasteiger partial charge in [0.2, 0.25) is 0 Å². The summed E-state index contributed by atoms with van der Waals surface area (Å²) in [6, 6.07) is 8.79. The van der Waals surface area contributed by atoms with Crippen molar-refractivity contribution < 1.29 is 4.74 Å². The van der Waals surface area contributed by atoms with Gasteiger partial charge in [0.05, 0.1) is 0 Å². The van der Waals surface area contributed by atoms with Crippen LogP contribution < -0.4 is 4.74 Å². The molecule has 2 aliphatic carbocycles. The molecule has 0 heterocycles. The molecule has 1 spiro atoms. The van der Waals surface area contributed by atoms with Crippen molar-refractivity contribution in [3.63, 3.8) is 0 Å². The van der Waals surface area contributed by atoms with Crippen molar-refractivity contribution >= 4 is 0 Å². The second kappa shape index (κ2) is 4.60. The van der Waals surface area contributed by atoms with Gasteiger partial charge in [0.15, 0.2) is 0 Å². The Morgan fingerprint density at radius 2 is 1.94 bits per heavy atom. The Kier molecular flexibility index (Phi) is 3.09. The first-order chi connectivity index (χ1) is 8.72. The molecule has 1 unspecified atom stereocenters. The van der Waals surface area contributed by atoms with Crippen LogP contribution in [0.4, 0.5) is 0 Å². The fourth-order valence-electron chi connectivity index (χ4n) is 3.00. The van der Waals surface area contributed by atoms with Gasteiger partial charge in [0.25, 0.3) is 0 Å². The van der Waals surface area contributed by atoms with Crippen LogP contribution in [0.1, 0.15) is 51.5 Å². The normalized spacial score (nSPS) is 25.6. The molecule has 0 saturated heterocycles. The average Bonchev–Trinajstić information content (AvgIpc) is 3.19. The topological polar surface area (TPSA) is 9.23 Å². The van der Waals surface area contributed by atoms with E-state index in [2.05, 4.69) is 38.1 Å². The van der Waals surface area contributed by atoms with Gasteiger partial charge in [0, 0.05) is 5.41 Å². The Bertz CT molecular complexity index is 402. The molecule has 2 aliphatic rings. The van der Waals surface area contributed by atoms with Crippen LogP contribution in [0, 0.1) is 11.3 Å². The minimum absolute atomic E-state index is 0.512. The van der Waals surface area contributed by atoms with E-state index in [9.17, 15) is 0 Å². The Morgan fingerprint density at radius 3 is 2.44 bits per heavy atom. The van der Waals surface area contributed by atoms with Gasteiger partial charge in [-0.2, -0.15) is 0 Å². The second-order valence-corrected chi connectivity index (χ2v) is 6.37. The molecule has 18 heavy (non-hydrogen) atoms. The summed E-state index contributed by atoms with van der Waals surface area (Å²) in [5.74, 6) is 1.84. The number of rotatable bonds is 5. The zero-order valence-corrected chi connectivity index (χ0v) is 11.6. The molecule has 1 aromatic rings. The van der Waals surface area contributed by atoms with E-state index in [1.54, 1.807) is 0 Å². The van der Waals surface area contributed by atoms with Crippen molar-refractivity contribution in [3.8, 4) is 5.75 Å². The highest BCUT2D eigenvalue weighted by molar-refractivity contribution is 5.28. The molecule has 1 aromatic carbocycles. The third-order valence-electron chi connectivity index (χ3n) is 4.96. The Labute approximate surface area is 111 Å². The number of ether oxygens (including phenoxy) is 1. The molecular formula is C17H24O. The molecule has 0 N–H and O–H groups in total. The van der Waals surface area contributed by atoms with E-state index in [4.69, 9.17) is 4.74 Å². The summed E-state index contributed by atoms with van der Waals surface area (Å²) < 4.78 is 6.11. The number of hydrogen-bond donors (Lipinski definition) is 0. The number of hydrogen-bond acceptors (Lipinski definition) is 1. The van der Waals surface area contributed by atoms with E-state index in [1.165, 1.54) is 44.1 Å². The van der Waals surface area contributed by atoms with E-state index in [-0.39, 0.29) is 0 Å². The maximum Gasteiger partial charge on any atom is 0.119 e. The van der Waals surface area contributed by atoms with E-state index in [0.717, 1.165) is 11.7 Å². The molecule has 2 fully saturated rings. The van der Waals surface area contributed by atoms with Crippen molar-refractivity contribution in [2.24, 2.45) is 11.3 Å². The standard InChI is InChI=1S/C17H24O/c1-3-13(2)12-14-4-6-15(7-5-14)18-16-8-9-17(16)10-11-17/h4-7,13,16H,3,8-12H2,1-2H3/t13?,16-/m1/s1. The van der Waals surface area contributed by atoms with E-state index < -0.39 is 0 Å². The van der Waals surface area contributed by atoms with Crippen LogP contribution in [0.5, 0.6) is 5.75 Å². The highest BCUT2D eigenvalue weighted by atomic mass is 16.5. The molecule has 0 bridgehead atoms. The van der Waals surface area contributed by atoms with E-state index >= 15 is 0 Å².